The largest absolute Gasteiger partial charge is 0.465 e. The monoisotopic (exact) mass is 413 g/mol. The van der Waals surface area contributed by atoms with Crippen molar-refractivity contribution in [3.05, 3.63) is 70.3 Å². The maximum atomic E-state index is 13.0. The molecule has 0 saturated carbocycles. The van der Waals surface area contributed by atoms with E-state index in [2.05, 4.69) is 15.9 Å². The summed E-state index contributed by atoms with van der Waals surface area (Å²) in [7, 11) is 1.96. The molecule has 1 heterocycles. The molecule has 0 aliphatic carbocycles. The Bertz CT molecular complexity index is 961. The lowest BCUT2D eigenvalue weighted by Gasteiger charge is -2.14. The zero-order valence-electron chi connectivity index (χ0n) is 14.7. The molecular formula is C21H20BrNO3. The Hall–Kier alpha value is -2.40. The molecule has 0 spiro atoms. The minimum absolute atomic E-state index is 0.224. The summed E-state index contributed by atoms with van der Waals surface area (Å²) in [5.74, 6) is -1.57. The first-order valence-electron chi connectivity index (χ1n) is 8.50. The summed E-state index contributed by atoms with van der Waals surface area (Å²) < 4.78 is 8.00. The summed E-state index contributed by atoms with van der Waals surface area (Å²) in [4.78, 5) is 25.6. The van der Waals surface area contributed by atoms with E-state index < -0.39 is 11.9 Å². The van der Waals surface area contributed by atoms with Crippen molar-refractivity contribution in [1.29, 1.82) is 0 Å². The Labute approximate surface area is 160 Å². The second kappa shape index (κ2) is 7.87. The second-order valence-corrected chi connectivity index (χ2v) is 7.08. The van der Waals surface area contributed by atoms with Crippen molar-refractivity contribution in [2.45, 2.75) is 13.3 Å². The van der Waals surface area contributed by atoms with Crippen LogP contribution in [-0.4, -0.2) is 22.9 Å². The highest BCUT2D eigenvalue weighted by Gasteiger charge is 2.30. The van der Waals surface area contributed by atoms with Crippen molar-refractivity contribution in [3.63, 3.8) is 0 Å². The van der Waals surface area contributed by atoms with Crippen molar-refractivity contribution in [2.24, 2.45) is 13.0 Å². The molecular weight excluding hydrogens is 394 g/mol. The molecule has 2 aromatic carbocycles. The molecule has 3 rings (SSSR count). The average molecular weight is 414 g/mol. The molecule has 0 radical (unpaired) electrons. The van der Waals surface area contributed by atoms with Crippen molar-refractivity contribution in [3.8, 4) is 0 Å². The fraction of sp³-hybridized carbons (Fsp3) is 0.238. The van der Waals surface area contributed by atoms with Crippen LogP contribution in [0.2, 0.25) is 0 Å². The van der Waals surface area contributed by atoms with Gasteiger partial charge in [-0.1, -0.05) is 46.3 Å². The lowest BCUT2D eigenvalue weighted by atomic mass is 9.91. The molecule has 0 aliphatic heterocycles. The number of rotatable bonds is 6. The molecule has 134 valence electrons. The van der Waals surface area contributed by atoms with E-state index in [-0.39, 0.29) is 12.4 Å². The number of fused-ring (bicyclic) bond motifs is 1. The molecule has 4 nitrogen and oxygen atoms in total. The van der Waals surface area contributed by atoms with Gasteiger partial charge in [-0.2, -0.15) is 0 Å². The highest BCUT2D eigenvalue weighted by molar-refractivity contribution is 9.10. The van der Waals surface area contributed by atoms with Crippen LogP contribution in [0.5, 0.6) is 0 Å². The molecule has 0 saturated heterocycles. The Balaban J connectivity index is 1.98. The quantitative estimate of drug-likeness (QED) is 0.338. The summed E-state index contributed by atoms with van der Waals surface area (Å²) >= 11 is 3.38. The summed E-state index contributed by atoms with van der Waals surface area (Å²) in [6.07, 6.45) is 2.29. The fourth-order valence-electron chi connectivity index (χ4n) is 3.18. The lowest BCUT2D eigenvalue weighted by Crippen LogP contribution is -2.28. The number of aromatic nitrogens is 1. The highest BCUT2D eigenvalue weighted by atomic mass is 79.9. The molecule has 0 aliphatic rings. The summed E-state index contributed by atoms with van der Waals surface area (Å²) in [6.45, 7) is 1.99. The molecule has 0 fully saturated rings. The Morgan fingerprint density at radius 2 is 1.92 bits per heavy atom. The van der Waals surface area contributed by atoms with Crippen molar-refractivity contribution >= 4 is 38.6 Å². The van der Waals surface area contributed by atoms with Crippen LogP contribution >= 0.6 is 15.9 Å². The summed E-state index contributed by atoms with van der Waals surface area (Å²) in [5, 5.41) is 1.05. The van der Waals surface area contributed by atoms with Crippen LogP contribution in [0, 0.1) is 5.92 Å². The molecule has 26 heavy (non-hydrogen) atoms. The van der Waals surface area contributed by atoms with E-state index in [9.17, 15) is 9.59 Å². The minimum Gasteiger partial charge on any atom is -0.465 e. The fourth-order valence-corrected chi connectivity index (χ4v) is 3.58. The van der Waals surface area contributed by atoms with Gasteiger partial charge in [0.05, 0.1) is 6.61 Å². The highest BCUT2D eigenvalue weighted by Crippen LogP contribution is 2.25. The predicted octanol–water partition coefficient (Wildman–Crippen LogP) is 4.55. The molecule has 1 aromatic heterocycles. The standard InChI is InChI=1S/C21H20BrNO3/c1-3-26-21(25)18(20(24)14-7-6-8-16(22)11-14)12-15-13-23(2)19-10-5-4-9-17(15)19/h4-11,13,18H,3,12H2,1-2H3. The molecule has 1 unspecified atom stereocenters. The number of nitrogens with zero attached hydrogens (tertiary/aromatic N) is 1. The Kier molecular flexibility index (Phi) is 5.57. The van der Waals surface area contributed by atoms with Crippen molar-refractivity contribution in [2.75, 3.05) is 6.61 Å². The van der Waals surface area contributed by atoms with E-state index in [0.29, 0.717) is 12.0 Å². The molecule has 0 N–H and O–H groups in total. The van der Waals surface area contributed by atoms with Gasteiger partial charge >= 0.3 is 5.97 Å². The van der Waals surface area contributed by atoms with Crippen LogP contribution in [-0.2, 0) is 23.0 Å². The molecule has 3 aromatic rings. The number of para-hydroxylation sites is 1. The van der Waals surface area contributed by atoms with E-state index in [1.54, 1.807) is 25.1 Å². The Morgan fingerprint density at radius 3 is 2.65 bits per heavy atom. The van der Waals surface area contributed by atoms with Gasteiger partial charge < -0.3 is 9.30 Å². The van der Waals surface area contributed by atoms with Gasteiger partial charge in [-0.25, -0.2) is 0 Å². The first kappa shape index (κ1) is 18.4. The first-order chi connectivity index (χ1) is 12.5. The van der Waals surface area contributed by atoms with Gasteiger partial charge in [0.2, 0.25) is 0 Å². The average Bonchev–Trinajstić information content (AvgIpc) is 2.95. The zero-order valence-corrected chi connectivity index (χ0v) is 16.3. The number of hydrogen-bond donors (Lipinski definition) is 0. The third kappa shape index (κ3) is 3.73. The van der Waals surface area contributed by atoms with Crippen LogP contribution in [0.1, 0.15) is 22.8 Å². The van der Waals surface area contributed by atoms with Gasteiger partial charge in [0, 0.05) is 34.2 Å². The number of aryl methyl sites for hydroxylation is 1. The summed E-state index contributed by atoms with van der Waals surface area (Å²) in [5.41, 5.74) is 2.53. The smallest absolute Gasteiger partial charge is 0.317 e. The SMILES string of the molecule is CCOC(=O)C(Cc1cn(C)c2ccccc12)C(=O)c1cccc(Br)c1. The normalized spacial score (nSPS) is 12.1. The third-order valence-corrected chi connectivity index (χ3v) is 4.89. The van der Waals surface area contributed by atoms with Crippen LogP contribution in [0.4, 0.5) is 0 Å². The number of ether oxygens (including phenoxy) is 1. The van der Waals surface area contributed by atoms with Gasteiger partial charge in [0.25, 0.3) is 0 Å². The lowest BCUT2D eigenvalue weighted by molar-refractivity contribution is -0.146. The number of carbonyl (C=O) groups excluding carboxylic acids is 2. The number of hydrogen-bond acceptors (Lipinski definition) is 3. The molecule has 1 atom stereocenters. The second-order valence-electron chi connectivity index (χ2n) is 6.17. The van der Waals surface area contributed by atoms with Gasteiger partial charge in [0.15, 0.2) is 5.78 Å². The maximum Gasteiger partial charge on any atom is 0.317 e. The Morgan fingerprint density at radius 1 is 1.15 bits per heavy atom. The number of halogens is 1. The first-order valence-corrected chi connectivity index (χ1v) is 9.30. The molecule has 0 bridgehead atoms. The van der Waals surface area contributed by atoms with Gasteiger partial charge in [0.1, 0.15) is 5.92 Å². The van der Waals surface area contributed by atoms with Crippen LogP contribution in [0.15, 0.2) is 59.2 Å². The minimum atomic E-state index is -0.866. The van der Waals surface area contributed by atoms with E-state index in [0.717, 1.165) is 20.9 Å². The number of ketones is 1. The zero-order chi connectivity index (χ0) is 18.7. The van der Waals surface area contributed by atoms with Crippen LogP contribution in [0.3, 0.4) is 0 Å². The topological polar surface area (TPSA) is 48.3 Å². The number of benzene rings is 2. The van der Waals surface area contributed by atoms with E-state index in [1.807, 2.05) is 48.1 Å². The number of Topliss-reactive ketones (excluding diaryl/α,β-unsaturated/α-hetero) is 1. The van der Waals surface area contributed by atoms with E-state index in [1.165, 1.54) is 0 Å². The maximum absolute atomic E-state index is 13.0. The number of esters is 1. The number of carbonyl (C=O) groups is 2. The molecule has 0 amide bonds. The van der Waals surface area contributed by atoms with Crippen molar-refractivity contribution in [1.82, 2.24) is 4.57 Å². The predicted molar refractivity (Wildman–Crippen MR) is 105 cm³/mol. The third-order valence-electron chi connectivity index (χ3n) is 4.40. The van der Waals surface area contributed by atoms with Crippen LogP contribution in [0.25, 0.3) is 10.9 Å². The van der Waals surface area contributed by atoms with Crippen molar-refractivity contribution < 1.29 is 14.3 Å². The van der Waals surface area contributed by atoms with Crippen LogP contribution < -0.4 is 0 Å². The van der Waals surface area contributed by atoms with Gasteiger partial charge in [-0.15, -0.1) is 0 Å². The van der Waals surface area contributed by atoms with Gasteiger partial charge in [-0.05, 0) is 37.1 Å². The molecule has 5 heteroatoms. The van der Waals surface area contributed by atoms with E-state index >= 15 is 0 Å². The van der Waals surface area contributed by atoms with Gasteiger partial charge in [-0.3, -0.25) is 9.59 Å². The summed E-state index contributed by atoms with van der Waals surface area (Å²) in [6, 6.07) is 15.1. The van der Waals surface area contributed by atoms with E-state index in [4.69, 9.17) is 4.74 Å².